The first-order valence-corrected chi connectivity index (χ1v) is 8.09. The van der Waals surface area contributed by atoms with E-state index in [2.05, 4.69) is 9.34 Å². The van der Waals surface area contributed by atoms with Gasteiger partial charge < -0.3 is 8.71 Å². The number of rotatable bonds is 4. The van der Waals surface area contributed by atoms with Crippen LogP contribution in [0.25, 0.3) is 22.4 Å². The average molecular weight is 355 g/mol. The van der Waals surface area contributed by atoms with Crippen molar-refractivity contribution < 1.29 is 21.7 Å². The van der Waals surface area contributed by atoms with E-state index >= 15 is 0 Å². The molecule has 0 atom stereocenters. The molecule has 6 nitrogen and oxygen atoms in total. The van der Waals surface area contributed by atoms with Gasteiger partial charge in [0.05, 0.1) is 5.56 Å². The third-order valence-electron chi connectivity index (χ3n) is 3.25. The fourth-order valence-electron chi connectivity index (χ4n) is 2.30. The summed E-state index contributed by atoms with van der Waals surface area (Å²) in [6.07, 6.45) is 0. The summed E-state index contributed by atoms with van der Waals surface area (Å²) in [5, 5.41) is 4.10. The van der Waals surface area contributed by atoms with Gasteiger partial charge in [-0.1, -0.05) is 47.6 Å². The summed E-state index contributed by atoms with van der Waals surface area (Å²) in [4.78, 5) is 0. The van der Waals surface area contributed by atoms with Crippen LogP contribution < -0.4 is 4.18 Å². The molecule has 24 heavy (non-hydrogen) atoms. The van der Waals surface area contributed by atoms with E-state index in [1.54, 1.807) is 19.1 Å². The molecule has 1 aromatic heterocycles. The molecule has 1 heterocycles. The minimum atomic E-state index is -4.53. The molecular weight excluding hydrogens is 341 g/mol. The standard InChI is InChI=1S/C16H13NO5S.Na.H/c1-11-15(16(17-21-11)13-5-3-2-4-6-13)12-7-9-14(10-8-12)22-23(18,19)20;;/h2-10H,1H3,(H,18,19,20);;. The second-order valence-electron chi connectivity index (χ2n) is 4.86. The normalized spacial score (nSPS) is 10.9. The Morgan fingerprint density at radius 1 is 1.00 bits per heavy atom. The quantitative estimate of drug-likeness (QED) is 0.572. The van der Waals surface area contributed by atoms with Crippen molar-refractivity contribution in [3.8, 4) is 28.1 Å². The van der Waals surface area contributed by atoms with Crippen molar-refractivity contribution in [2.45, 2.75) is 6.92 Å². The Morgan fingerprint density at radius 2 is 1.62 bits per heavy atom. The summed E-state index contributed by atoms with van der Waals surface area (Å²) in [5.41, 5.74) is 3.23. The van der Waals surface area contributed by atoms with Crippen molar-refractivity contribution in [3.05, 3.63) is 60.4 Å². The van der Waals surface area contributed by atoms with E-state index in [1.807, 2.05) is 30.3 Å². The van der Waals surface area contributed by atoms with Crippen LogP contribution in [0.2, 0.25) is 0 Å². The molecule has 0 aliphatic rings. The predicted octanol–water partition coefficient (Wildman–Crippen LogP) is 2.85. The van der Waals surface area contributed by atoms with Gasteiger partial charge in [0.1, 0.15) is 17.2 Å². The molecule has 0 saturated heterocycles. The molecule has 0 bridgehead atoms. The third kappa shape index (κ3) is 4.25. The molecule has 0 radical (unpaired) electrons. The number of aryl methyl sites for hydroxylation is 1. The van der Waals surface area contributed by atoms with Crippen LogP contribution >= 0.6 is 0 Å². The topological polar surface area (TPSA) is 89.6 Å². The van der Waals surface area contributed by atoms with Crippen LogP contribution in [0, 0.1) is 6.92 Å². The van der Waals surface area contributed by atoms with E-state index in [4.69, 9.17) is 9.08 Å². The molecule has 3 rings (SSSR count). The molecule has 0 aliphatic carbocycles. The molecule has 0 spiro atoms. The zero-order chi connectivity index (χ0) is 16.4. The summed E-state index contributed by atoms with van der Waals surface area (Å²) in [6.45, 7) is 1.80. The summed E-state index contributed by atoms with van der Waals surface area (Å²) in [6, 6.07) is 15.8. The van der Waals surface area contributed by atoms with Crippen LogP contribution in [0.5, 0.6) is 5.75 Å². The predicted molar refractivity (Wildman–Crippen MR) is 91.4 cm³/mol. The summed E-state index contributed by atoms with van der Waals surface area (Å²) >= 11 is 0. The number of nitrogens with zero attached hydrogens (tertiary/aromatic N) is 1. The summed E-state index contributed by atoms with van der Waals surface area (Å²) in [7, 11) is -4.53. The van der Waals surface area contributed by atoms with Gasteiger partial charge in [-0.2, -0.15) is 8.42 Å². The van der Waals surface area contributed by atoms with Crippen molar-refractivity contribution in [1.29, 1.82) is 0 Å². The van der Waals surface area contributed by atoms with Crippen LogP contribution in [0.3, 0.4) is 0 Å². The van der Waals surface area contributed by atoms with Gasteiger partial charge in [-0.15, -0.1) is 0 Å². The number of hydrogen-bond acceptors (Lipinski definition) is 5. The Bertz CT molecular complexity index is 921. The molecule has 1 N–H and O–H groups in total. The van der Waals surface area contributed by atoms with Crippen LogP contribution in [0.15, 0.2) is 59.1 Å². The maximum absolute atomic E-state index is 10.7. The Labute approximate surface area is 161 Å². The van der Waals surface area contributed by atoms with Gasteiger partial charge in [0.15, 0.2) is 0 Å². The van der Waals surface area contributed by atoms with Gasteiger partial charge >= 0.3 is 40.0 Å². The SMILES string of the molecule is Cc1onc(-c2ccccc2)c1-c1ccc(OS(=O)(=O)O)cc1.[NaH]. The summed E-state index contributed by atoms with van der Waals surface area (Å²) in [5.74, 6) is 0.666. The van der Waals surface area contributed by atoms with E-state index in [1.165, 1.54) is 12.1 Å². The molecule has 3 aromatic rings. The zero-order valence-corrected chi connectivity index (χ0v) is 12.9. The van der Waals surface area contributed by atoms with Crippen molar-refractivity contribution >= 4 is 40.0 Å². The Morgan fingerprint density at radius 3 is 2.21 bits per heavy atom. The first-order chi connectivity index (χ1) is 10.9. The monoisotopic (exact) mass is 355 g/mol. The average Bonchev–Trinajstić information content (AvgIpc) is 2.89. The van der Waals surface area contributed by atoms with Crippen LogP contribution in [-0.4, -0.2) is 47.7 Å². The number of hydrogen-bond donors (Lipinski definition) is 1. The molecule has 0 saturated carbocycles. The second-order valence-corrected chi connectivity index (χ2v) is 5.89. The number of benzene rings is 2. The van der Waals surface area contributed by atoms with E-state index < -0.39 is 10.4 Å². The molecule has 2 aromatic carbocycles. The Hall–Kier alpha value is -1.64. The minimum absolute atomic E-state index is 0. The second kappa shape index (κ2) is 7.50. The van der Waals surface area contributed by atoms with Crippen molar-refractivity contribution in [2.24, 2.45) is 0 Å². The molecule has 0 unspecified atom stereocenters. The third-order valence-corrected chi connectivity index (χ3v) is 3.66. The summed E-state index contributed by atoms with van der Waals surface area (Å²) < 4.78 is 39.8. The molecule has 0 amide bonds. The van der Waals surface area contributed by atoms with Gasteiger partial charge in [-0.05, 0) is 24.6 Å². The Kier molecular flexibility index (Phi) is 5.84. The fourth-order valence-corrected chi connectivity index (χ4v) is 2.66. The van der Waals surface area contributed by atoms with Gasteiger partial charge in [-0.25, -0.2) is 0 Å². The van der Waals surface area contributed by atoms with Crippen molar-refractivity contribution in [3.63, 3.8) is 0 Å². The van der Waals surface area contributed by atoms with Crippen LogP contribution in [-0.2, 0) is 10.4 Å². The van der Waals surface area contributed by atoms with E-state index in [-0.39, 0.29) is 35.3 Å². The van der Waals surface area contributed by atoms with Gasteiger partial charge in [-0.3, -0.25) is 4.55 Å². The fraction of sp³-hybridized carbons (Fsp3) is 0.0625. The van der Waals surface area contributed by atoms with Crippen LogP contribution in [0.1, 0.15) is 5.76 Å². The number of aromatic nitrogens is 1. The molecule has 8 heteroatoms. The molecule has 120 valence electrons. The van der Waals surface area contributed by atoms with Gasteiger partial charge in [0.2, 0.25) is 0 Å². The first kappa shape index (κ1) is 18.7. The maximum atomic E-state index is 10.7. The molecule has 0 aliphatic heterocycles. The van der Waals surface area contributed by atoms with E-state index in [0.29, 0.717) is 11.5 Å². The van der Waals surface area contributed by atoms with E-state index in [0.717, 1.165) is 16.7 Å². The molecular formula is C16H14NNaO5S. The first-order valence-electron chi connectivity index (χ1n) is 6.73. The Balaban J connectivity index is 0.00000208. The van der Waals surface area contributed by atoms with Crippen molar-refractivity contribution in [1.82, 2.24) is 5.16 Å². The van der Waals surface area contributed by atoms with Crippen LogP contribution in [0.4, 0.5) is 0 Å². The zero-order valence-electron chi connectivity index (χ0n) is 12.1. The van der Waals surface area contributed by atoms with Gasteiger partial charge in [0, 0.05) is 5.56 Å². The van der Waals surface area contributed by atoms with E-state index in [9.17, 15) is 8.42 Å². The van der Waals surface area contributed by atoms with Gasteiger partial charge in [0.25, 0.3) is 0 Å². The molecule has 0 fully saturated rings. The van der Waals surface area contributed by atoms with Crippen molar-refractivity contribution in [2.75, 3.05) is 0 Å².